The monoisotopic (exact) mass is 1130 g/mol. The number of ketones is 1. The lowest BCUT2D eigenvalue weighted by Crippen LogP contribution is -2.71. The molecular formula is C57H70ClN7O15. The number of allylic oxidation sites excluding steroid dienone is 1. The largest absolute Gasteiger partial charge is 0.477 e. The molecule has 2 heterocycles. The summed E-state index contributed by atoms with van der Waals surface area (Å²) in [5.74, 6) is -7.94. The molecule has 0 radical (unpaired) electrons. The maximum absolute atomic E-state index is 13.6. The lowest BCUT2D eigenvalue weighted by Gasteiger charge is -2.49. The minimum Gasteiger partial charge on any atom is -0.477 e. The van der Waals surface area contributed by atoms with Crippen LogP contribution in [0.1, 0.15) is 141 Å². The number of aliphatic carboxylic acids is 1. The summed E-state index contributed by atoms with van der Waals surface area (Å²) < 4.78 is 10.3. The fourth-order valence-electron chi connectivity index (χ4n) is 9.24. The Kier molecular flexibility index (Phi) is 24.3. The van der Waals surface area contributed by atoms with Gasteiger partial charge in [0.05, 0.1) is 17.5 Å². The molecule has 3 aromatic rings. The molecule has 2 aliphatic rings. The summed E-state index contributed by atoms with van der Waals surface area (Å²) in [5, 5.41) is 31.7. The second kappa shape index (κ2) is 31.0. The number of hydrogen-bond acceptors (Lipinski definition) is 14. The summed E-state index contributed by atoms with van der Waals surface area (Å²) in [4.78, 5) is 143. The predicted molar refractivity (Wildman–Crippen MR) is 290 cm³/mol. The minimum atomic E-state index is -1.35. The summed E-state index contributed by atoms with van der Waals surface area (Å²) in [6, 6.07) is 16.6. The highest BCUT2D eigenvalue weighted by Gasteiger charge is 2.53. The van der Waals surface area contributed by atoms with E-state index in [9.17, 15) is 63.1 Å². The highest BCUT2D eigenvalue weighted by molar-refractivity contribution is 6.32. The van der Waals surface area contributed by atoms with E-state index in [0.29, 0.717) is 74.2 Å². The molecule has 6 N–H and O–H groups in total. The Morgan fingerprint density at radius 2 is 1.31 bits per heavy atom. The second-order valence-corrected chi connectivity index (χ2v) is 20.0. The number of unbranched alkanes of at least 4 members (excludes halogenated alkanes) is 3. The van der Waals surface area contributed by atoms with E-state index in [2.05, 4.69) is 21.3 Å². The summed E-state index contributed by atoms with van der Waals surface area (Å²) in [5.41, 5.74) is 2.61. The zero-order valence-electron chi connectivity index (χ0n) is 45.4. The SMILES string of the molecule is CC(=O)Oc1cccc(C(=O)NCCCN(CCCCNC(=O)c2cccc(C)c2C)C(=O)CCC(=O)NCCCCCN(O)C(=O)CCC(=O)C[C@@H](C(=O)N[C@@H]2C(=O)N3C(C(=O)O)=C(Cl)CCC23)c2ccccc2)c1OC(C)=O. The number of nitrogens with zero attached hydrogens (tertiary/aromatic N) is 3. The third kappa shape index (κ3) is 18.3. The molecule has 0 aliphatic carbocycles. The number of Topliss-reactive ketones (excluding diaryl/α,β-unsaturated/α-hetero) is 1. The first-order valence-corrected chi connectivity index (χ1v) is 27.0. The van der Waals surface area contributed by atoms with Crippen LogP contribution in [0, 0.1) is 13.8 Å². The van der Waals surface area contributed by atoms with E-state index in [4.69, 9.17) is 21.1 Å². The Bertz CT molecular complexity index is 2820. The van der Waals surface area contributed by atoms with E-state index in [-0.39, 0.29) is 110 Å². The third-order valence-electron chi connectivity index (χ3n) is 13.6. The molecule has 1 unspecified atom stereocenters. The lowest BCUT2D eigenvalue weighted by molar-refractivity contribution is -0.166. The van der Waals surface area contributed by atoms with Crippen molar-refractivity contribution in [2.45, 2.75) is 129 Å². The predicted octanol–water partition coefficient (Wildman–Crippen LogP) is 5.14. The first kappa shape index (κ1) is 62.9. The molecule has 23 heteroatoms. The normalized spacial score (nSPS) is 14.8. The van der Waals surface area contributed by atoms with Gasteiger partial charge in [0.1, 0.15) is 17.5 Å². The lowest BCUT2D eigenvalue weighted by atomic mass is 9.85. The van der Waals surface area contributed by atoms with Crippen LogP contribution in [-0.2, 0) is 43.2 Å². The van der Waals surface area contributed by atoms with Gasteiger partial charge in [-0.25, -0.2) is 9.86 Å². The number of ether oxygens (including phenoxy) is 2. The Morgan fingerprint density at radius 1 is 0.700 bits per heavy atom. The number of amides is 7. The molecule has 5 rings (SSSR count). The highest BCUT2D eigenvalue weighted by atomic mass is 35.5. The van der Waals surface area contributed by atoms with Crippen molar-refractivity contribution in [2.75, 3.05) is 39.3 Å². The number of hydrogen-bond donors (Lipinski definition) is 6. The van der Waals surface area contributed by atoms with Crippen LogP contribution in [0.25, 0.3) is 0 Å². The van der Waals surface area contributed by atoms with Gasteiger partial charge in [0.2, 0.25) is 23.6 Å². The van der Waals surface area contributed by atoms with Gasteiger partial charge in [0.15, 0.2) is 11.5 Å². The molecule has 22 nitrogen and oxygen atoms in total. The van der Waals surface area contributed by atoms with Crippen LogP contribution in [0.2, 0.25) is 0 Å². The average molecular weight is 1130 g/mol. The number of carbonyl (C=O) groups is 11. The molecule has 0 spiro atoms. The van der Waals surface area contributed by atoms with E-state index in [1.807, 2.05) is 26.0 Å². The number of benzene rings is 3. The van der Waals surface area contributed by atoms with Gasteiger partial charge in [-0.3, -0.25) is 58.1 Å². The zero-order valence-corrected chi connectivity index (χ0v) is 46.2. The van der Waals surface area contributed by atoms with Gasteiger partial charge in [-0.15, -0.1) is 0 Å². The first-order valence-electron chi connectivity index (χ1n) is 26.7. The van der Waals surface area contributed by atoms with Crippen LogP contribution in [0.5, 0.6) is 11.5 Å². The van der Waals surface area contributed by atoms with Gasteiger partial charge < -0.3 is 40.7 Å². The molecular weight excluding hydrogens is 1060 g/mol. The van der Waals surface area contributed by atoms with Crippen molar-refractivity contribution in [3.8, 4) is 11.5 Å². The van der Waals surface area contributed by atoms with Gasteiger partial charge >= 0.3 is 17.9 Å². The van der Waals surface area contributed by atoms with Crippen LogP contribution in [0.4, 0.5) is 0 Å². The number of fused-ring (bicyclic) bond motifs is 1. The zero-order chi connectivity index (χ0) is 58.5. The van der Waals surface area contributed by atoms with E-state index in [1.54, 1.807) is 41.3 Å². The molecule has 0 bridgehead atoms. The molecule has 80 heavy (non-hydrogen) atoms. The summed E-state index contributed by atoms with van der Waals surface area (Å²) in [6.07, 6.45) is 2.22. The molecule has 430 valence electrons. The van der Waals surface area contributed by atoms with Crippen molar-refractivity contribution in [1.29, 1.82) is 0 Å². The number of hydroxylamine groups is 2. The summed E-state index contributed by atoms with van der Waals surface area (Å²) in [6.45, 7) is 7.33. The van der Waals surface area contributed by atoms with Crippen LogP contribution in [0.3, 0.4) is 0 Å². The first-order chi connectivity index (χ1) is 38.2. The molecule has 2 aliphatic heterocycles. The van der Waals surface area contributed by atoms with Gasteiger partial charge in [0, 0.05) is 95.8 Å². The van der Waals surface area contributed by atoms with Gasteiger partial charge in [-0.1, -0.05) is 60.1 Å². The van der Waals surface area contributed by atoms with Crippen LogP contribution in [0.15, 0.2) is 77.5 Å². The Morgan fingerprint density at radius 3 is 2.01 bits per heavy atom. The maximum Gasteiger partial charge on any atom is 0.353 e. The number of nitrogens with one attached hydrogen (secondary N) is 4. The van der Waals surface area contributed by atoms with E-state index >= 15 is 0 Å². The Labute approximate surface area is 468 Å². The molecule has 7 amide bonds. The van der Waals surface area contributed by atoms with E-state index in [0.717, 1.165) is 29.9 Å². The number of aryl methyl sites for hydroxylation is 1. The molecule has 0 saturated carbocycles. The second-order valence-electron chi connectivity index (χ2n) is 19.5. The fourth-order valence-corrected chi connectivity index (χ4v) is 9.52. The van der Waals surface area contributed by atoms with Gasteiger partial charge in [-0.2, -0.15) is 0 Å². The maximum atomic E-state index is 13.6. The molecule has 1 saturated heterocycles. The number of para-hydroxylation sites is 1. The smallest absolute Gasteiger partial charge is 0.353 e. The Balaban J connectivity index is 1.02. The summed E-state index contributed by atoms with van der Waals surface area (Å²) >= 11 is 6.09. The average Bonchev–Trinajstić information content (AvgIpc) is 3.57. The van der Waals surface area contributed by atoms with Gasteiger partial charge in [-0.05, 0) is 100 Å². The van der Waals surface area contributed by atoms with Crippen molar-refractivity contribution in [3.05, 3.63) is 105 Å². The van der Waals surface area contributed by atoms with E-state index < -0.39 is 65.3 Å². The van der Waals surface area contributed by atoms with Crippen molar-refractivity contribution in [1.82, 2.24) is 36.1 Å². The van der Waals surface area contributed by atoms with E-state index in [1.165, 1.54) is 18.2 Å². The van der Waals surface area contributed by atoms with Crippen molar-refractivity contribution < 1.29 is 72.5 Å². The number of carbonyl (C=O) groups excluding carboxylic acids is 10. The summed E-state index contributed by atoms with van der Waals surface area (Å²) in [7, 11) is 0. The number of carboxylic acid groups (broad SMARTS) is 1. The Hall–Kier alpha value is -7.98. The molecule has 1 fully saturated rings. The van der Waals surface area contributed by atoms with Crippen LogP contribution < -0.4 is 30.7 Å². The van der Waals surface area contributed by atoms with Crippen molar-refractivity contribution >= 4 is 76.6 Å². The van der Waals surface area contributed by atoms with Crippen molar-refractivity contribution in [2.24, 2.45) is 0 Å². The highest BCUT2D eigenvalue weighted by Crippen LogP contribution is 2.39. The fraction of sp³-hybridized carbons (Fsp3) is 0.456. The number of esters is 2. The van der Waals surface area contributed by atoms with Crippen LogP contribution >= 0.6 is 11.6 Å². The third-order valence-corrected chi connectivity index (χ3v) is 14.0. The number of halogens is 1. The molecule has 0 aromatic heterocycles. The van der Waals surface area contributed by atoms with Crippen LogP contribution in [-0.4, -0.2) is 142 Å². The molecule has 3 aromatic carbocycles. The number of rotatable bonds is 31. The van der Waals surface area contributed by atoms with Gasteiger partial charge in [0.25, 0.3) is 17.7 Å². The minimum absolute atomic E-state index is 0.0427. The number of β-lactam (4-membered cyclic amide) rings is 1. The standard InChI is InChI=1S/C57H70ClN7O15/c1-35-16-13-19-41(36(35)2)53(72)60-29-10-12-31-63(32-15-30-61-54(73)42-20-14-21-46(79-37(3)66)52(42)80-38(4)67)48(70)27-25-47(69)59-28-9-6-11-33-64(78)49(71)26-22-40(68)34-43(39-17-7-5-8-18-39)55(74)62-50-45-24-23-44(58)51(57(76)77)65(45)56(50)75/h5,7-8,13-14,16-21,43,45,50,78H,6,9-12,15,22-34H2,1-4H3,(H,59,69)(H,60,72)(H,61,73)(H,62,74)(H,76,77)/t43-,45?,50+/m1/s1. The van der Waals surface area contributed by atoms with Crippen molar-refractivity contribution in [3.63, 3.8) is 0 Å². The molecule has 3 atom stereocenters. The quantitative estimate of drug-likeness (QED) is 0.0121. The number of carboxylic acids is 1. The topological polar surface area (TPSA) is 305 Å².